The van der Waals surface area contributed by atoms with Crippen molar-refractivity contribution in [3.8, 4) is 0 Å². The third-order valence-electron chi connectivity index (χ3n) is 3.26. The van der Waals surface area contributed by atoms with Gasteiger partial charge in [-0.15, -0.1) is 0 Å². The highest BCUT2D eigenvalue weighted by atomic mass is 19.4. The molecule has 0 unspecified atom stereocenters. The average Bonchev–Trinajstić information content (AvgIpc) is 2.30. The normalized spacial score (nSPS) is 30.0. The van der Waals surface area contributed by atoms with Crippen molar-refractivity contribution in [2.75, 3.05) is 19.6 Å². The Kier molecular flexibility index (Phi) is 4.25. The van der Waals surface area contributed by atoms with Crippen LogP contribution in [0.25, 0.3) is 0 Å². The van der Waals surface area contributed by atoms with Crippen molar-refractivity contribution < 1.29 is 26.7 Å². The van der Waals surface area contributed by atoms with E-state index in [1.54, 1.807) is 0 Å². The Morgan fingerprint density at radius 3 is 2.71 bits per heavy atom. The zero-order valence-corrected chi connectivity index (χ0v) is 11.5. The zero-order valence-electron chi connectivity index (χ0n) is 11.5. The standard InChI is InChI=1S/C12H16F5N3O/c1-7-3-20(5-10(19-7)12(15,16)17)4-9-8(2)21-11(13,14)6-18-9/h5,8-9,18H,3-4,6H2,1-2H3/t8-,9+/m0/s1. The van der Waals surface area contributed by atoms with Crippen LogP contribution in [-0.4, -0.2) is 54.7 Å². The van der Waals surface area contributed by atoms with Gasteiger partial charge in [0, 0.05) is 18.5 Å². The van der Waals surface area contributed by atoms with Crippen molar-refractivity contribution in [1.82, 2.24) is 10.2 Å². The fourth-order valence-electron chi connectivity index (χ4n) is 2.31. The van der Waals surface area contributed by atoms with E-state index in [9.17, 15) is 22.0 Å². The molecular formula is C12H16F5N3O. The molecule has 0 saturated carbocycles. The van der Waals surface area contributed by atoms with Gasteiger partial charge >= 0.3 is 12.3 Å². The van der Waals surface area contributed by atoms with Gasteiger partial charge in [-0.05, 0) is 13.8 Å². The number of hydrogen-bond donors (Lipinski definition) is 1. The first-order valence-corrected chi connectivity index (χ1v) is 6.43. The molecule has 2 rings (SSSR count). The van der Waals surface area contributed by atoms with Crippen LogP contribution in [0.2, 0.25) is 0 Å². The number of nitrogens with one attached hydrogen (secondary N) is 1. The predicted octanol–water partition coefficient (Wildman–Crippen LogP) is 2.14. The number of aliphatic imine (C=N–C) groups is 1. The summed E-state index contributed by atoms with van der Waals surface area (Å²) in [5.74, 6) is 0. The van der Waals surface area contributed by atoms with E-state index in [1.165, 1.54) is 18.7 Å². The SMILES string of the molecule is CC1=NC(C(F)(F)F)=CN(C[C@H]2NCC(F)(F)O[C@H]2C)C1. The van der Waals surface area contributed by atoms with E-state index in [0.29, 0.717) is 5.71 Å². The summed E-state index contributed by atoms with van der Waals surface area (Å²) in [6, 6.07) is -0.485. The Labute approximate surface area is 118 Å². The Hall–Kier alpha value is -1.22. The molecule has 9 heteroatoms. The van der Waals surface area contributed by atoms with Crippen LogP contribution in [0, 0.1) is 0 Å². The highest BCUT2D eigenvalue weighted by Crippen LogP contribution is 2.29. The van der Waals surface area contributed by atoms with Crippen molar-refractivity contribution in [2.24, 2.45) is 4.99 Å². The van der Waals surface area contributed by atoms with Crippen LogP contribution < -0.4 is 5.32 Å². The number of rotatable bonds is 2. The predicted molar refractivity (Wildman–Crippen MR) is 66.1 cm³/mol. The summed E-state index contributed by atoms with van der Waals surface area (Å²) in [5.41, 5.74) is -0.666. The summed E-state index contributed by atoms with van der Waals surface area (Å²) >= 11 is 0. The van der Waals surface area contributed by atoms with Crippen LogP contribution in [0.3, 0.4) is 0 Å². The van der Waals surface area contributed by atoms with Crippen LogP contribution in [0.15, 0.2) is 16.9 Å². The van der Waals surface area contributed by atoms with Crippen molar-refractivity contribution in [3.63, 3.8) is 0 Å². The van der Waals surface area contributed by atoms with Crippen LogP contribution in [0.1, 0.15) is 13.8 Å². The molecular weight excluding hydrogens is 297 g/mol. The Morgan fingerprint density at radius 1 is 1.48 bits per heavy atom. The third kappa shape index (κ3) is 4.13. The van der Waals surface area contributed by atoms with Gasteiger partial charge in [0.1, 0.15) is 0 Å². The second-order valence-electron chi connectivity index (χ2n) is 5.24. The molecule has 2 atom stereocenters. The number of hydrogen-bond acceptors (Lipinski definition) is 4. The number of ether oxygens (including phenoxy) is 1. The van der Waals surface area contributed by atoms with Gasteiger partial charge in [-0.1, -0.05) is 0 Å². The highest BCUT2D eigenvalue weighted by Gasteiger charge is 2.41. The van der Waals surface area contributed by atoms with Gasteiger partial charge in [0.05, 0.1) is 25.2 Å². The van der Waals surface area contributed by atoms with E-state index < -0.39 is 36.7 Å². The first-order chi connectivity index (χ1) is 9.57. The maximum atomic E-state index is 13.0. The van der Waals surface area contributed by atoms with Gasteiger partial charge in [-0.3, -0.25) is 0 Å². The number of allylic oxidation sites excluding steroid dienone is 1. The van der Waals surface area contributed by atoms with Crippen molar-refractivity contribution in [1.29, 1.82) is 0 Å². The lowest BCUT2D eigenvalue weighted by Gasteiger charge is -2.38. The number of halogens is 5. The second-order valence-corrected chi connectivity index (χ2v) is 5.24. The van der Waals surface area contributed by atoms with E-state index in [-0.39, 0.29) is 13.1 Å². The molecule has 0 radical (unpaired) electrons. The number of morpholine rings is 1. The van der Waals surface area contributed by atoms with E-state index >= 15 is 0 Å². The molecule has 2 heterocycles. The number of alkyl halides is 5. The van der Waals surface area contributed by atoms with Gasteiger partial charge in [-0.25, -0.2) is 4.99 Å². The third-order valence-corrected chi connectivity index (χ3v) is 3.26. The molecule has 1 saturated heterocycles. The molecule has 2 aliphatic heterocycles. The minimum Gasteiger partial charge on any atom is -0.368 e. The Bertz CT molecular complexity index is 460. The monoisotopic (exact) mass is 313 g/mol. The molecule has 21 heavy (non-hydrogen) atoms. The molecule has 1 fully saturated rings. The average molecular weight is 313 g/mol. The highest BCUT2D eigenvalue weighted by molar-refractivity contribution is 5.85. The summed E-state index contributed by atoms with van der Waals surface area (Å²) in [6.45, 7) is 2.65. The molecule has 1 N–H and O–H groups in total. The van der Waals surface area contributed by atoms with Gasteiger partial charge in [0.2, 0.25) is 0 Å². The first kappa shape index (κ1) is 16.2. The molecule has 0 aromatic heterocycles. The Balaban J connectivity index is 2.04. The molecule has 0 aromatic carbocycles. The molecule has 0 spiro atoms. The van der Waals surface area contributed by atoms with Crippen LogP contribution in [-0.2, 0) is 4.74 Å². The van der Waals surface area contributed by atoms with E-state index in [1.807, 2.05) is 0 Å². The lowest BCUT2D eigenvalue weighted by atomic mass is 10.1. The zero-order chi connectivity index (χ0) is 15.8. The van der Waals surface area contributed by atoms with Crippen molar-refractivity contribution >= 4 is 5.71 Å². The molecule has 0 amide bonds. The lowest BCUT2D eigenvalue weighted by Crippen LogP contribution is -2.58. The summed E-state index contributed by atoms with van der Waals surface area (Å²) in [5, 5.41) is 2.61. The lowest BCUT2D eigenvalue weighted by molar-refractivity contribution is -0.279. The second kappa shape index (κ2) is 5.53. The van der Waals surface area contributed by atoms with Crippen LogP contribution in [0.4, 0.5) is 22.0 Å². The van der Waals surface area contributed by atoms with Gasteiger partial charge in [-0.2, -0.15) is 22.0 Å². The summed E-state index contributed by atoms with van der Waals surface area (Å²) in [6.07, 6.45) is -7.68. The fourth-order valence-corrected chi connectivity index (χ4v) is 2.31. The van der Waals surface area contributed by atoms with Gasteiger partial charge in [0.25, 0.3) is 0 Å². The van der Waals surface area contributed by atoms with E-state index in [0.717, 1.165) is 6.20 Å². The maximum absolute atomic E-state index is 13.0. The number of nitrogens with zero attached hydrogens (tertiary/aromatic N) is 2. The smallest absolute Gasteiger partial charge is 0.368 e. The van der Waals surface area contributed by atoms with E-state index in [4.69, 9.17) is 0 Å². The van der Waals surface area contributed by atoms with Crippen molar-refractivity contribution in [3.05, 3.63) is 11.9 Å². The molecule has 0 aliphatic carbocycles. The van der Waals surface area contributed by atoms with Gasteiger partial charge in [0.15, 0.2) is 5.70 Å². The molecule has 2 aliphatic rings. The summed E-state index contributed by atoms with van der Waals surface area (Å²) in [7, 11) is 0. The van der Waals surface area contributed by atoms with Gasteiger partial charge < -0.3 is 15.0 Å². The maximum Gasteiger partial charge on any atom is 0.434 e. The van der Waals surface area contributed by atoms with Crippen LogP contribution in [0.5, 0.6) is 0 Å². The van der Waals surface area contributed by atoms with Crippen LogP contribution >= 0.6 is 0 Å². The minimum absolute atomic E-state index is 0.129. The first-order valence-electron chi connectivity index (χ1n) is 6.43. The summed E-state index contributed by atoms with van der Waals surface area (Å²) in [4.78, 5) is 4.89. The molecule has 0 aromatic rings. The van der Waals surface area contributed by atoms with Crippen molar-refractivity contribution in [2.45, 2.75) is 38.3 Å². The fraction of sp³-hybridized carbons (Fsp3) is 0.750. The molecule has 0 bridgehead atoms. The Morgan fingerprint density at radius 2 is 2.14 bits per heavy atom. The topological polar surface area (TPSA) is 36.9 Å². The molecule has 4 nitrogen and oxygen atoms in total. The molecule has 120 valence electrons. The quantitative estimate of drug-likeness (QED) is 0.794. The summed E-state index contributed by atoms with van der Waals surface area (Å²) < 4.78 is 68.7. The van der Waals surface area contributed by atoms with E-state index in [2.05, 4.69) is 15.0 Å². The minimum atomic E-state index is -4.53. The largest absolute Gasteiger partial charge is 0.434 e.